The van der Waals surface area contributed by atoms with Crippen molar-refractivity contribution in [2.75, 3.05) is 20.6 Å². The third-order valence-corrected chi connectivity index (χ3v) is 9.11. The summed E-state index contributed by atoms with van der Waals surface area (Å²) in [6.45, 7) is 15.6. The Morgan fingerprint density at radius 1 is 0.955 bits per heavy atom. The third kappa shape index (κ3) is 3.79. The summed E-state index contributed by atoms with van der Waals surface area (Å²) in [6.07, 6.45) is 3.93. The Morgan fingerprint density at radius 2 is 1.50 bits per heavy atom. The number of allylic oxidation sites excluding steroid dienone is 4. The number of hydrogen-bond donors (Lipinski definition) is 0. The molecule has 1 unspecified atom stereocenters. The second-order valence-electron chi connectivity index (χ2n) is 8.39. The molecule has 22 heavy (non-hydrogen) atoms. The number of nitrogens with zero attached hydrogens (tertiary/aromatic N) is 1. The molecule has 0 aromatic rings. The molecule has 0 N–H and O–H groups in total. The fraction of sp³-hybridized carbons (Fsp3) is 0.800. The molecule has 0 aliphatic heterocycles. The van der Waals surface area contributed by atoms with Gasteiger partial charge in [0.25, 0.3) is 0 Å². The van der Waals surface area contributed by atoms with E-state index in [0.29, 0.717) is 21.5 Å². The van der Waals surface area contributed by atoms with Gasteiger partial charge in [-0.15, -0.1) is 0 Å². The van der Waals surface area contributed by atoms with Crippen molar-refractivity contribution in [1.29, 1.82) is 0 Å². The van der Waals surface area contributed by atoms with Gasteiger partial charge < -0.3 is 0 Å². The predicted octanol–water partition coefficient (Wildman–Crippen LogP) is 6.02. The average Bonchev–Trinajstić information content (AvgIpc) is 2.72. The molecule has 0 radical (unpaired) electrons. The Morgan fingerprint density at radius 3 is 1.82 bits per heavy atom. The molecular formula is C20H38NTi. The zero-order chi connectivity index (χ0) is 17.2. The molecule has 2 heteroatoms. The van der Waals surface area contributed by atoms with Crippen LogP contribution < -0.4 is 0 Å². The van der Waals surface area contributed by atoms with E-state index >= 15 is 0 Å². The standard InChI is InChI=1S/C18H32N.2CH3.Ti/c1-12(2)16-11-17(13(3)4)18(14(5)6)15(16)9-10-19(7)8;;;/h11-14H,9-10H2,1-8H3;2*1H3;. The fourth-order valence-corrected chi connectivity index (χ4v) is 8.15. The van der Waals surface area contributed by atoms with Gasteiger partial charge in [-0.2, -0.15) is 0 Å². The van der Waals surface area contributed by atoms with E-state index in [0.717, 1.165) is 0 Å². The van der Waals surface area contributed by atoms with Gasteiger partial charge in [-0.3, -0.25) is 0 Å². The molecule has 127 valence electrons. The van der Waals surface area contributed by atoms with Crippen LogP contribution in [0.4, 0.5) is 0 Å². The van der Waals surface area contributed by atoms with Gasteiger partial charge in [-0.05, 0) is 0 Å². The maximum absolute atomic E-state index is 2.61. The predicted molar refractivity (Wildman–Crippen MR) is 97.2 cm³/mol. The molecule has 1 aliphatic carbocycles. The van der Waals surface area contributed by atoms with Crippen molar-refractivity contribution in [1.82, 2.24) is 4.90 Å². The monoisotopic (exact) mass is 340 g/mol. The van der Waals surface area contributed by atoms with E-state index in [1.165, 1.54) is 13.0 Å². The summed E-state index contributed by atoms with van der Waals surface area (Å²) in [4.78, 5) is 2.37. The Bertz CT molecular complexity index is 441. The molecule has 1 rings (SSSR count). The summed E-state index contributed by atoms with van der Waals surface area (Å²) in [5.41, 5.74) is 5.21. The molecule has 0 fully saturated rings. The van der Waals surface area contributed by atoms with E-state index < -0.39 is 17.9 Å². The van der Waals surface area contributed by atoms with Crippen LogP contribution in [0.3, 0.4) is 0 Å². The molecule has 0 bridgehead atoms. The van der Waals surface area contributed by atoms with Crippen LogP contribution in [0.1, 0.15) is 48.0 Å². The van der Waals surface area contributed by atoms with Crippen molar-refractivity contribution in [2.24, 2.45) is 17.8 Å². The maximum atomic E-state index is 2.61. The van der Waals surface area contributed by atoms with Crippen molar-refractivity contribution in [3.05, 3.63) is 22.8 Å². The fourth-order valence-electron chi connectivity index (χ4n) is 4.21. The SMILES string of the molecule is CC(C)C1=CC(C(C)C)=C(C(C)C)[C]1(CCN(C)C)[Ti]([CH3])[CH3]. The summed E-state index contributed by atoms with van der Waals surface area (Å²) < 4.78 is 0.423. The molecule has 0 aromatic heterocycles. The minimum absolute atomic E-state index is 0.423. The number of rotatable bonds is 7. The first-order valence-electron chi connectivity index (χ1n) is 8.97. The Labute approximate surface area is 146 Å². The van der Waals surface area contributed by atoms with Crippen LogP contribution in [0.15, 0.2) is 22.8 Å². The first-order valence-corrected chi connectivity index (χ1v) is 12.9. The van der Waals surface area contributed by atoms with Gasteiger partial charge in [0.05, 0.1) is 0 Å². The van der Waals surface area contributed by atoms with Crippen molar-refractivity contribution >= 4 is 0 Å². The topological polar surface area (TPSA) is 3.24 Å². The van der Waals surface area contributed by atoms with Gasteiger partial charge in [0.1, 0.15) is 0 Å². The molecule has 0 saturated carbocycles. The van der Waals surface area contributed by atoms with Crippen molar-refractivity contribution < 1.29 is 17.9 Å². The summed E-state index contributed by atoms with van der Waals surface area (Å²) in [5.74, 6) is 1.97. The van der Waals surface area contributed by atoms with Crippen LogP contribution in [0.2, 0.25) is 14.2 Å². The number of hydrogen-bond acceptors (Lipinski definition) is 1. The normalized spacial score (nSPS) is 22.5. The second kappa shape index (κ2) is 7.82. The van der Waals surface area contributed by atoms with Crippen LogP contribution in [-0.4, -0.2) is 25.5 Å². The van der Waals surface area contributed by atoms with Gasteiger partial charge in [-0.25, -0.2) is 0 Å². The summed E-state index contributed by atoms with van der Waals surface area (Å²) in [6, 6.07) is 0. The van der Waals surface area contributed by atoms with Crippen molar-refractivity contribution in [3.63, 3.8) is 0 Å². The Kier molecular flexibility index (Phi) is 7.18. The molecule has 1 aliphatic rings. The zero-order valence-corrected chi connectivity index (χ0v) is 18.2. The molecule has 0 amide bonds. The van der Waals surface area contributed by atoms with Crippen molar-refractivity contribution in [3.8, 4) is 0 Å². The van der Waals surface area contributed by atoms with E-state index in [2.05, 4.69) is 77.1 Å². The second-order valence-corrected chi connectivity index (χ2v) is 12.8. The van der Waals surface area contributed by atoms with Gasteiger partial charge in [0.2, 0.25) is 0 Å². The minimum atomic E-state index is -1.18. The van der Waals surface area contributed by atoms with E-state index in [1.807, 2.05) is 0 Å². The molecule has 1 nitrogen and oxygen atoms in total. The van der Waals surface area contributed by atoms with Gasteiger partial charge in [-0.1, -0.05) is 0 Å². The van der Waals surface area contributed by atoms with Gasteiger partial charge >= 0.3 is 146 Å². The van der Waals surface area contributed by atoms with Crippen molar-refractivity contribution in [2.45, 2.75) is 62.1 Å². The van der Waals surface area contributed by atoms with Crippen LogP contribution in [0.5, 0.6) is 0 Å². The van der Waals surface area contributed by atoms with E-state index in [4.69, 9.17) is 0 Å². The molecule has 0 heterocycles. The molecule has 0 saturated heterocycles. The van der Waals surface area contributed by atoms with E-state index in [1.54, 1.807) is 16.7 Å². The van der Waals surface area contributed by atoms with E-state index in [9.17, 15) is 0 Å². The van der Waals surface area contributed by atoms with Crippen LogP contribution in [0, 0.1) is 17.8 Å². The molecule has 1 atom stereocenters. The van der Waals surface area contributed by atoms with Gasteiger partial charge in [0, 0.05) is 0 Å². The van der Waals surface area contributed by atoms with Crippen LogP contribution >= 0.6 is 0 Å². The van der Waals surface area contributed by atoms with Crippen LogP contribution in [0.25, 0.3) is 0 Å². The summed E-state index contributed by atoms with van der Waals surface area (Å²) in [7, 11) is 4.43. The first kappa shape index (κ1) is 20.2. The van der Waals surface area contributed by atoms with Crippen LogP contribution in [-0.2, 0) is 17.9 Å². The zero-order valence-electron chi connectivity index (χ0n) is 16.7. The summed E-state index contributed by atoms with van der Waals surface area (Å²) in [5, 5.41) is 5.19. The van der Waals surface area contributed by atoms with Gasteiger partial charge in [0.15, 0.2) is 0 Å². The van der Waals surface area contributed by atoms with E-state index in [-0.39, 0.29) is 0 Å². The molecule has 0 spiro atoms. The quantitative estimate of drug-likeness (QED) is 0.513. The average molecular weight is 340 g/mol. The molecule has 0 aromatic carbocycles. The summed E-state index contributed by atoms with van der Waals surface area (Å²) >= 11 is -1.18. The Balaban J connectivity index is 3.52. The molecular weight excluding hydrogens is 302 g/mol. The Hall–Kier alpha value is 0.154. The third-order valence-electron chi connectivity index (χ3n) is 5.18. The first-order chi connectivity index (χ1) is 10.1.